The fourth-order valence-electron chi connectivity index (χ4n) is 5.53. The summed E-state index contributed by atoms with van der Waals surface area (Å²) in [5, 5.41) is 3.10. The van der Waals surface area contributed by atoms with Crippen LogP contribution < -0.4 is 15.0 Å². The van der Waals surface area contributed by atoms with Gasteiger partial charge in [-0.1, -0.05) is 30.3 Å². The van der Waals surface area contributed by atoms with Crippen molar-refractivity contribution in [2.75, 3.05) is 31.8 Å². The third-order valence-corrected chi connectivity index (χ3v) is 7.18. The lowest BCUT2D eigenvalue weighted by molar-refractivity contribution is -0.125. The Hall–Kier alpha value is -2.53. The van der Waals surface area contributed by atoms with Crippen LogP contribution in [0.5, 0.6) is 5.75 Å². The molecule has 0 saturated carbocycles. The molecule has 0 radical (unpaired) electrons. The molecule has 0 bridgehead atoms. The summed E-state index contributed by atoms with van der Waals surface area (Å²) in [7, 11) is 1.76. The highest BCUT2D eigenvalue weighted by molar-refractivity contribution is 5.93. The average Bonchev–Trinajstić information content (AvgIpc) is 3.09. The van der Waals surface area contributed by atoms with Gasteiger partial charge in [0.2, 0.25) is 5.91 Å². The largest absolute Gasteiger partial charge is 0.496 e. The number of likely N-dealkylation sites (tertiary alicyclic amines) is 1. The number of carbonyl (C=O) groups excluding carboxylic acids is 1. The number of nitrogens with zero attached hydrogens (tertiary/aromatic N) is 2. The third kappa shape index (κ3) is 3.08. The lowest BCUT2D eigenvalue weighted by atomic mass is 9.82. The van der Waals surface area contributed by atoms with Crippen LogP contribution in [0.4, 0.5) is 5.69 Å². The van der Waals surface area contributed by atoms with Crippen molar-refractivity contribution in [3.8, 4) is 5.75 Å². The first-order valence-electron chi connectivity index (χ1n) is 10.7. The minimum absolute atomic E-state index is 0.191. The molecule has 2 aromatic carbocycles. The summed E-state index contributed by atoms with van der Waals surface area (Å²) in [5.41, 5.74) is 3.54. The van der Waals surface area contributed by atoms with Gasteiger partial charge in [-0.3, -0.25) is 9.69 Å². The first-order chi connectivity index (χ1) is 14.2. The van der Waals surface area contributed by atoms with Crippen molar-refractivity contribution in [3.63, 3.8) is 0 Å². The van der Waals surface area contributed by atoms with E-state index in [2.05, 4.69) is 45.4 Å². The van der Waals surface area contributed by atoms with Gasteiger partial charge in [0.15, 0.2) is 0 Å². The fourth-order valence-corrected chi connectivity index (χ4v) is 5.53. The van der Waals surface area contributed by atoms with Crippen molar-refractivity contribution < 1.29 is 9.53 Å². The van der Waals surface area contributed by atoms with Gasteiger partial charge in [0.05, 0.1) is 13.8 Å². The first-order valence-corrected chi connectivity index (χ1v) is 10.7. The van der Waals surface area contributed by atoms with Gasteiger partial charge >= 0.3 is 0 Å². The monoisotopic (exact) mass is 391 g/mol. The van der Waals surface area contributed by atoms with Gasteiger partial charge in [-0.25, -0.2) is 0 Å². The number of nitrogens with one attached hydrogen (secondary N) is 1. The second kappa shape index (κ2) is 7.38. The normalized spacial score (nSPS) is 23.7. The number of benzene rings is 2. The Kier molecular flexibility index (Phi) is 4.70. The Morgan fingerprint density at radius 1 is 1.07 bits per heavy atom. The Labute approximate surface area is 172 Å². The topological polar surface area (TPSA) is 44.8 Å². The van der Waals surface area contributed by atoms with E-state index in [0.29, 0.717) is 12.7 Å². The Bertz CT molecular complexity index is 876. The average molecular weight is 392 g/mol. The molecular weight excluding hydrogens is 362 g/mol. The van der Waals surface area contributed by atoms with Gasteiger partial charge < -0.3 is 15.0 Å². The van der Waals surface area contributed by atoms with Gasteiger partial charge in [0, 0.05) is 24.8 Å². The van der Waals surface area contributed by atoms with Crippen LogP contribution in [0.15, 0.2) is 48.5 Å². The van der Waals surface area contributed by atoms with E-state index in [-0.39, 0.29) is 5.91 Å². The van der Waals surface area contributed by atoms with E-state index < -0.39 is 5.54 Å². The van der Waals surface area contributed by atoms with Crippen LogP contribution in [-0.2, 0) is 17.6 Å². The number of rotatable bonds is 3. The quantitative estimate of drug-likeness (QED) is 0.874. The molecule has 2 aromatic rings. The number of ether oxygens (including phenoxy) is 1. The molecule has 2 heterocycles. The van der Waals surface area contributed by atoms with Gasteiger partial charge in [-0.2, -0.15) is 0 Å². The number of methoxy groups -OCH3 is 1. The molecule has 1 atom stereocenters. The minimum atomic E-state index is -0.401. The van der Waals surface area contributed by atoms with E-state index in [1.165, 1.54) is 17.5 Å². The van der Waals surface area contributed by atoms with Crippen molar-refractivity contribution >= 4 is 11.6 Å². The Morgan fingerprint density at radius 2 is 1.86 bits per heavy atom. The molecule has 1 spiro atoms. The van der Waals surface area contributed by atoms with E-state index in [4.69, 9.17) is 4.74 Å². The van der Waals surface area contributed by atoms with Crippen molar-refractivity contribution in [1.29, 1.82) is 0 Å². The molecular formula is C24H29N3O2. The highest BCUT2D eigenvalue weighted by Gasteiger charge is 2.50. The number of aryl methyl sites for hydroxylation is 1. The highest BCUT2D eigenvalue weighted by Crippen LogP contribution is 2.38. The maximum atomic E-state index is 12.9. The molecule has 2 aliphatic heterocycles. The number of para-hydroxylation sites is 1. The maximum absolute atomic E-state index is 12.9. The number of piperidine rings is 1. The molecule has 1 N–H and O–H groups in total. The number of carbonyl (C=O) groups is 1. The lowest BCUT2D eigenvalue weighted by Crippen LogP contribution is -2.58. The molecule has 1 amide bonds. The van der Waals surface area contributed by atoms with E-state index >= 15 is 0 Å². The number of anilines is 1. The van der Waals surface area contributed by atoms with Gasteiger partial charge in [0.1, 0.15) is 11.3 Å². The summed E-state index contributed by atoms with van der Waals surface area (Å²) in [6.07, 6.45) is 5.09. The van der Waals surface area contributed by atoms with Crippen LogP contribution in [-0.4, -0.2) is 49.3 Å². The van der Waals surface area contributed by atoms with Gasteiger partial charge in [0.25, 0.3) is 0 Å². The van der Waals surface area contributed by atoms with E-state index in [1.54, 1.807) is 7.11 Å². The van der Waals surface area contributed by atoms with Crippen LogP contribution >= 0.6 is 0 Å². The zero-order valence-electron chi connectivity index (χ0n) is 17.1. The predicted molar refractivity (Wildman–Crippen MR) is 114 cm³/mol. The summed E-state index contributed by atoms with van der Waals surface area (Å²) in [4.78, 5) is 17.8. The van der Waals surface area contributed by atoms with Crippen LogP contribution in [0.1, 0.15) is 30.4 Å². The summed E-state index contributed by atoms with van der Waals surface area (Å²) < 4.78 is 5.62. The molecule has 0 aromatic heterocycles. The smallest absolute Gasteiger partial charge is 0.247 e. The van der Waals surface area contributed by atoms with Gasteiger partial charge in [-0.05, 0) is 61.4 Å². The van der Waals surface area contributed by atoms with Crippen molar-refractivity contribution in [2.24, 2.45) is 0 Å². The Morgan fingerprint density at radius 3 is 2.62 bits per heavy atom. The molecule has 5 rings (SSSR count). The molecule has 29 heavy (non-hydrogen) atoms. The molecule has 1 aliphatic carbocycles. The summed E-state index contributed by atoms with van der Waals surface area (Å²) >= 11 is 0. The fraction of sp³-hybridized carbons (Fsp3) is 0.458. The predicted octanol–water partition coefficient (Wildman–Crippen LogP) is 2.98. The van der Waals surface area contributed by atoms with Crippen molar-refractivity contribution in [3.05, 3.63) is 59.7 Å². The van der Waals surface area contributed by atoms with Crippen molar-refractivity contribution in [1.82, 2.24) is 10.2 Å². The lowest BCUT2D eigenvalue weighted by Gasteiger charge is -2.46. The SMILES string of the molecule is COc1cccc2c1CC(N1CCC3(CC1)C(=O)NCN3c1ccccc1)CC2. The zero-order chi connectivity index (χ0) is 19.8. The number of hydrogen-bond donors (Lipinski definition) is 1. The Balaban J connectivity index is 1.32. The molecule has 2 fully saturated rings. The third-order valence-electron chi connectivity index (χ3n) is 7.18. The van der Waals surface area contributed by atoms with E-state index in [0.717, 1.165) is 50.2 Å². The summed E-state index contributed by atoms with van der Waals surface area (Å²) in [6.45, 7) is 2.54. The minimum Gasteiger partial charge on any atom is -0.496 e. The molecule has 5 nitrogen and oxygen atoms in total. The zero-order valence-corrected chi connectivity index (χ0v) is 17.1. The molecule has 5 heteroatoms. The second-order valence-electron chi connectivity index (χ2n) is 8.49. The summed E-state index contributed by atoms with van der Waals surface area (Å²) in [5.74, 6) is 1.21. The van der Waals surface area contributed by atoms with Gasteiger partial charge in [-0.15, -0.1) is 0 Å². The number of amides is 1. The number of hydrogen-bond acceptors (Lipinski definition) is 4. The molecule has 2 saturated heterocycles. The number of fused-ring (bicyclic) bond motifs is 1. The van der Waals surface area contributed by atoms with Crippen molar-refractivity contribution in [2.45, 2.75) is 43.7 Å². The van der Waals surface area contributed by atoms with Crippen LogP contribution in [0, 0.1) is 0 Å². The van der Waals surface area contributed by atoms with Crippen LogP contribution in [0.3, 0.4) is 0 Å². The first kappa shape index (κ1) is 18.5. The molecule has 152 valence electrons. The molecule has 3 aliphatic rings. The summed E-state index contributed by atoms with van der Waals surface area (Å²) in [6, 6.07) is 17.3. The second-order valence-corrected chi connectivity index (χ2v) is 8.49. The maximum Gasteiger partial charge on any atom is 0.247 e. The highest BCUT2D eigenvalue weighted by atomic mass is 16.5. The standard InChI is InChI=1S/C24H29N3O2/c1-29-22-9-5-6-18-10-11-20(16-21(18)22)26-14-12-24(13-15-26)23(28)25-17-27(24)19-7-3-2-4-8-19/h2-9,20H,10-17H2,1H3,(H,25,28). The van der Waals surface area contributed by atoms with Crippen LogP contribution in [0.2, 0.25) is 0 Å². The van der Waals surface area contributed by atoms with Crippen LogP contribution in [0.25, 0.3) is 0 Å². The molecule has 1 unspecified atom stereocenters. The van der Waals surface area contributed by atoms with E-state index in [1.807, 2.05) is 18.2 Å². The van der Waals surface area contributed by atoms with E-state index in [9.17, 15) is 4.79 Å².